The molecule has 0 fully saturated rings. The van der Waals surface area contributed by atoms with Gasteiger partial charge in [0.1, 0.15) is 6.04 Å². The summed E-state index contributed by atoms with van der Waals surface area (Å²) >= 11 is 0. The van der Waals surface area contributed by atoms with Crippen LogP contribution in [0.5, 0.6) is 0 Å². The molecule has 0 aliphatic rings. The first-order valence-corrected chi connectivity index (χ1v) is 5.97. The van der Waals surface area contributed by atoms with Gasteiger partial charge in [-0.3, -0.25) is 4.79 Å². The average molecular weight is 241 g/mol. The van der Waals surface area contributed by atoms with Crippen molar-refractivity contribution in [2.45, 2.75) is 46.6 Å². The molecular weight excluding hydrogens is 218 g/mol. The van der Waals surface area contributed by atoms with Crippen molar-refractivity contribution in [3.63, 3.8) is 0 Å². The first-order valence-electron chi connectivity index (χ1n) is 5.97. The highest BCUT2D eigenvalue weighted by Crippen LogP contribution is 2.12. The van der Waals surface area contributed by atoms with Crippen LogP contribution in [0.3, 0.4) is 0 Å². The number of carbonyl (C=O) groups is 2. The Labute approximate surface area is 103 Å². The summed E-state index contributed by atoms with van der Waals surface area (Å²) in [5, 5.41) is 11.6. The molecule has 0 bridgehead atoms. The van der Waals surface area contributed by atoms with E-state index in [9.17, 15) is 9.59 Å². The Kier molecular flexibility index (Phi) is 6.54. The molecule has 0 aromatic heterocycles. The van der Waals surface area contributed by atoms with Crippen LogP contribution in [0.15, 0.2) is 12.2 Å². The minimum absolute atomic E-state index is 0.0755. The zero-order valence-electron chi connectivity index (χ0n) is 11.1. The first-order chi connectivity index (χ1) is 7.79. The predicted molar refractivity (Wildman–Crippen MR) is 67.6 cm³/mol. The highest BCUT2D eigenvalue weighted by atomic mass is 16.4. The van der Waals surface area contributed by atoms with Gasteiger partial charge in [0.2, 0.25) is 5.91 Å². The van der Waals surface area contributed by atoms with Crippen LogP contribution in [-0.4, -0.2) is 23.0 Å². The first kappa shape index (κ1) is 15.7. The van der Waals surface area contributed by atoms with Gasteiger partial charge in [-0.2, -0.15) is 0 Å². The zero-order chi connectivity index (χ0) is 13.6. The maximum Gasteiger partial charge on any atom is 0.326 e. The lowest BCUT2D eigenvalue weighted by molar-refractivity contribution is -0.143. The Morgan fingerprint density at radius 3 is 2.24 bits per heavy atom. The van der Waals surface area contributed by atoms with Gasteiger partial charge in [-0.25, -0.2) is 4.79 Å². The summed E-state index contributed by atoms with van der Waals surface area (Å²) in [6.45, 7) is 11.1. The molecular formula is C13H23NO3. The van der Waals surface area contributed by atoms with E-state index in [4.69, 9.17) is 5.11 Å². The molecule has 0 saturated carbocycles. The molecule has 0 rings (SSSR count). The van der Waals surface area contributed by atoms with E-state index in [1.165, 1.54) is 0 Å². The van der Waals surface area contributed by atoms with Crippen LogP contribution in [0.1, 0.15) is 40.5 Å². The Bertz CT molecular complexity index is 299. The van der Waals surface area contributed by atoms with Crippen molar-refractivity contribution in [2.24, 2.45) is 11.8 Å². The van der Waals surface area contributed by atoms with E-state index >= 15 is 0 Å². The van der Waals surface area contributed by atoms with Gasteiger partial charge >= 0.3 is 5.97 Å². The van der Waals surface area contributed by atoms with E-state index in [1.54, 1.807) is 6.92 Å². The van der Waals surface area contributed by atoms with E-state index in [2.05, 4.69) is 11.9 Å². The van der Waals surface area contributed by atoms with E-state index in [0.29, 0.717) is 12.8 Å². The Hall–Kier alpha value is -1.32. The van der Waals surface area contributed by atoms with E-state index in [0.717, 1.165) is 5.57 Å². The second kappa shape index (κ2) is 7.09. The monoisotopic (exact) mass is 241 g/mol. The lowest BCUT2D eigenvalue weighted by Gasteiger charge is -2.22. The van der Waals surface area contributed by atoms with E-state index in [-0.39, 0.29) is 17.7 Å². The third kappa shape index (κ3) is 5.52. The van der Waals surface area contributed by atoms with Crippen LogP contribution < -0.4 is 5.32 Å². The molecule has 0 aliphatic heterocycles. The van der Waals surface area contributed by atoms with Gasteiger partial charge in [-0.15, -0.1) is 6.58 Å². The third-order valence-corrected chi connectivity index (χ3v) is 2.88. The minimum atomic E-state index is -0.977. The normalized spacial score (nSPS) is 15.8. The second-order valence-electron chi connectivity index (χ2n) is 4.77. The summed E-state index contributed by atoms with van der Waals surface area (Å²) in [6, 6.07) is -0.805. The topological polar surface area (TPSA) is 66.4 Å². The number of nitrogens with one attached hydrogen (secondary N) is 1. The highest BCUT2D eigenvalue weighted by molar-refractivity contribution is 5.85. The van der Waals surface area contributed by atoms with Gasteiger partial charge in [-0.05, 0) is 19.3 Å². The van der Waals surface area contributed by atoms with Crippen molar-refractivity contribution in [3.8, 4) is 0 Å². The number of hydrogen-bond acceptors (Lipinski definition) is 2. The maximum absolute atomic E-state index is 11.8. The fourth-order valence-corrected chi connectivity index (χ4v) is 1.59. The lowest BCUT2D eigenvalue weighted by Crippen LogP contribution is -2.46. The van der Waals surface area contributed by atoms with Gasteiger partial charge in [0, 0.05) is 5.92 Å². The second-order valence-corrected chi connectivity index (χ2v) is 4.77. The van der Waals surface area contributed by atoms with Crippen LogP contribution in [-0.2, 0) is 9.59 Å². The molecule has 4 nitrogen and oxygen atoms in total. The van der Waals surface area contributed by atoms with Gasteiger partial charge in [0.25, 0.3) is 0 Å². The van der Waals surface area contributed by atoms with E-state index in [1.807, 2.05) is 20.8 Å². The molecule has 4 heteroatoms. The quantitative estimate of drug-likeness (QED) is 0.671. The smallest absolute Gasteiger partial charge is 0.326 e. The van der Waals surface area contributed by atoms with Gasteiger partial charge in [-0.1, -0.05) is 32.8 Å². The maximum atomic E-state index is 11.8. The van der Waals surface area contributed by atoms with Crippen LogP contribution >= 0.6 is 0 Å². The summed E-state index contributed by atoms with van der Waals surface area (Å²) < 4.78 is 0. The average Bonchev–Trinajstić information content (AvgIpc) is 2.22. The Balaban J connectivity index is 4.50. The lowest BCUT2D eigenvalue weighted by atomic mass is 9.97. The van der Waals surface area contributed by atoms with Crippen LogP contribution in [0.25, 0.3) is 0 Å². The Morgan fingerprint density at radius 2 is 1.88 bits per heavy atom. The molecule has 0 aromatic carbocycles. The Morgan fingerprint density at radius 1 is 1.35 bits per heavy atom. The molecule has 0 spiro atoms. The van der Waals surface area contributed by atoms with E-state index < -0.39 is 12.0 Å². The van der Waals surface area contributed by atoms with Crippen LogP contribution in [0, 0.1) is 11.8 Å². The SMILES string of the molecule is C=C(C)CC(C)C(=O)NC(C(=O)O)C(C)CC. The number of carboxylic acid groups (broad SMARTS) is 1. The van der Waals surface area contributed by atoms with Crippen molar-refractivity contribution < 1.29 is 14.7 Å². The van der Waals surface area contributed by atoms with Crippen molar-refractivity contribution in [1.29, 1.82) is 0 Å². The van der Waals surface area contributed by atoms with Crippen molar-refractivity contribution >= 4 is 11.9 Å². The molecule has 3 unspecified atom stereocenters. The molecule has 17 heavy (non-hydrogen) atoms. The number of rotatable bonds is 7. The summed E-state index contributed by atoms with van der Waals surface area (Å²) in [5.74, 6) is -1.51. The van der Waals surface area contributed by atoms with Gasteiger partial charge in [0.15, 0.2) is 0 Å². The molecule has 0 radical (unpaired) electrons. The zero-order valence-corrected chi connectivity index (χ0v) is 11.1. The fraction of sp³-hybridized carbons (Fsp3) is 0.692. The molecule has 2 N–H and O–H groups in total. The van der Waals surface area contributed by atoms with Gasteiger partial charge < -0.3 is 10.4 Å². The van der Waals surface area contributed by atoms with Gasteiger partial charge in [0.05, 0.1) is 0 Å². The largest absolute Gasteiger partial charge is 0.480 e. The van der Waals surface area contributed by atoms with Crippen molar-refractivity contribution in [2.75, 3.05) is 0 Å². The molecule has 3 atom stereocenters. The molecule has 0 aliphatic carbocycles. The number of hydrogen-bond donors (Lipinski definition) is 2. The fourth-order valence-electron chi connectivity index (χ4n) is 1.59. The molecule has 0 saturated heterocycles. The number of amides is 1. The summed E-state index contributed by atoms with van der Waals surface area (Å²) in [7, 11) is 0. The highest BCUT2D eigenvalue weighted by Gasteiger charge is 2.26. The standard InChI is InChI=1S/C13H23NO3/c1-6-9(4)11(13(16)17)14-12(15)10(5)7-8(2)3/h9-11H,2,6-7H2,1,3-5H3,(H,14,15)(H,16,17). The van der Waals surface area contributed by atoms with Crippen molar-refractivity contribution in [3.05, 3.63) is 12.2 Å². The van der Waals surface area contributed by atoms with Crippen LogP contribution in [0.2, 0.25) is 0 Å². The number of allylic oxidation sites excluding steroid dienone is 1. The summed E-state index contributed by atoms with van der Waals surface area (Å²) in [6.07, 6.45) is 1.30. The molecule has 0 heterocycles. The summed E-state index contributed by atoms with van der Waals surface area (Å²) in [5.41, 5.74) is 0.920. The molecule has 1 amide bonds. The number of carboxylic acids is 1. The molecule has 0 aromatic rings. The number of aliphatic carboxylic acids is 1. The van der Waals surface area contributed by atoms with Crippen LogP contribution in [0.4, 0.5) is 0 Å². The predicted octanol–water partition coefficient (Wildman–Crippen LogP) is 2.20. The molecule has 98 valence electrons. The number of carbonyl (C=O) groups excluding carboxylic acids is 1. The van der Waals surface area contributed by atoms with Crippen molar-refractivity contribution in [1.82, 2.24) is 5.32 Å². The minimum Gasteiger partial charge on any atom is -0.480 e. The third-order valence-electron chi connectivity index (χ3n) is 2.88. The summed E-state index contributed by atoms with van der Waals surface area (Å²) in [4.78, 5) is 22.8.